The maximum absolute atomic E-state index is 12.0. The van der Waals surface area contributed by atoms with E-state index in [9.17, 15) is 4.79 Å². The zero-order chi connectivity index (χ0) is 14.1. The summed E-state index contributed by atoms with van der Waals surface area (Å²) in [5.74, 6) is 0.528. The van der Waals surface area contributed by atoms with Gasteiger partial charge in [-0.05, 0) is 24.6 Å². The molecule has 0 saturated heterocycles. The minimum Gasteiger partial charge on any atom is -0.494 e. The molecule has 106 valence electrons. The van der Waals surface area contributed by atoms with Crippen molar-refractivity contribution in [2.45, 2.75) is 19.4 Å². The lowest BCUT2D eigenvalue weighted by molar-refractivity contribution is 0.0900. The van der Waals surface area contributed by atoms with Crippen LogP contribution in [0.2, 0.25) is 0 Å². The molecule has 1 atom stereocenters. The molecule has 1 rings (SSSR count). The first kappa shape index (κ1) is 15.5. The van der Waals surface area contributed by atoms with Gasteiger partial charge in [0, 0.05) is 19.2 Å². The molecule has 5 heteroatoms. The summed E-state index contributed by atoms with van der Waals surface area (Å²) in [4.78, 5) is 12.0. The molecule has 1 aromatic carbocycles. The van der Waals surface area contributed by atoms with E-state index in [2.05, 4.69) is 5.32 Å². The third-order valence-corrected chi connectivity index (χ3v) is 2.56. The van der Waals surface area contributed by atoms with Crippen molar-refractivity contribution in [1.82, 2.24) is 5.32 Å². The van der Waals surface area contributed by atoms with E-state index in [1.54, 1.807) is 25.3 Å². The molecule has 19 heavy (non-hydrogen) atoms. The maximum atomic E-state index is 12.0. The first-order valence-corrected chi connectivity index (χ1v) is 6.44. The smallest absolute Gasteiger partial charge is 0.251 e. The summed E-state index contributed by atoms with van der Waals surface area (Å²) in [7, 11) is 1.58. The van der Waals surface area contributed by atoms with Gasteiger partial charge in [0.05, 0.1) is 19.3 Å². The summed E-state index contributed by atoms with van der Waals surface area (Å²) in [6.07, 6.45) is 0.930. The van der Waals surface area contributed by atoms with Crippen molar-refractivity contribution in [1.29, 1.82) is 0 Å². The van der Waals surface area contributed by atoms with E-state index >= 15 is 0 Å². The number of rotatable bonds is 8. The maximum Gasteiger partial charge on any atom is 0.251 e. The van der Waals surface area contributed by atoms with Gasteiger partial charge in [0.2, 0.25) is 0 Å². The third-order valence-electron chi connectivity index (χ3n) is 2.56. The SMILES string of the molecule is CCCOc1cccc(C(=O)NC(CN)COC)c1. The standard InChI is InChI=1S/C14H22N2O3/c1-3-7-19-13-6-4-5-11(8-13)14(17)16-12(9-15)10-18-2/h4-6,8,12H,3,7,9-10,15H2,1-2H3,(H,16,17). The molecule has 0 aliphatic rings. The second kappa shape index (κ2) is 8.50. The molecule has 0 radical (unpaired) electrons. The Labute approximate surface area is 114 Å². The van der Waals surface area contributed by atoms with Crippen LogP contribution in [-0.2, 0) is 4.74 Å². The molecular formula is C14H22N2O3. The number of hydrogen-bond donors (Lipinski definition) is 2. The van der Waals surface area contributed by atoms with E-state index < -0.39 is 0 Å². The highest BCUT2D eigenvalue weighted by Crippen LogP contribution is 2.13. The fourth-order valence-electron chi connectivity index (χ4n) is 1.59. The Bertz CT molecular complexity index is 396. The molecule has 0 spiro atoms. The molecular weight excluding hydrogens is 244 g/mol. The molecule has 0 fully saturated rings. The lowest BCUT2D eigenvalue weighted by atomic mass is 10.2. The lowest BCUT2D eigenvalue weighted by Crippen LogP contribution is -2.43. The van der Waals surface area contributed by atoms with E-state index in [-0.39, 0.29) is 11.9 Å². The number of carbonyl (C=O) groups excluding carboxylic acids is 1. The van der Waals surface area contributed by atoms with Crippen molar-refractivity contribution in [3.05, 3.63) is 29.8 Å². The van der Waals surface area contributed by atoms with Crippen molar-refractivity contribution in [3.63, 3.8) is 0 Å². The van der Waals surface area contributed by atoms with Crippen LogP contribution in [0, 0.1) is 0 Å². The second-order valence-electron chi connectivity index (χ2n) is 4.24. The number of hydrogen-bond acceptors (Lipinski definition) is 4. The van der Waals surface area contributed by atoms with Crippen LogP contribution in [0.25, 0.3) is 0 Å². The van der Waals surface area contributed by atoms with Crippen LogP contribution < -0.4 is 15.8 Å². The predicted molar refractivity (Wildman–Crippen MR) is 74.4 cm³/mol. The highest BCUT2D eigenvalue weighted by molar-refractivity contribution is 5.94. The van der Waals surface area contributed by atoms with Gasteiger partial charge < -0.3 is 20.5 Å². The summed E-state index contributed by atoms with van der Waals surface area (Å²) in [5, 5.41) is 2.82. The lowest BCUT2D eigenvalue weighted by Gasteiger charge is -2.16. The summed E-state index contributed by atoms with van der Waals surface area (Å²) in [6, 6.07) is 6.92. The molecule has 0 aliphatic carbocycles. The highest BCUT2D eigenvalue weighted by Gasteiger charge is 2.12. The van der Waals surface area contributed by atoms with Gasteiger partial charge in [-0.2, -0.15) is 0 Å². The zero-order valence-electron chi connectivity index (χ0n) is 11.5. The van der Waals surface area contributed by atoms with Crippen LogP contribution in [0.4, 0.5) is 0 Å². The summed E-state index contributed by atoms with van der Waals surface area (Å²) >= 11 is 0. The van der Waals surface area contributed by atoms with Gasteiger partial charge in [-0.25, -0.2) is 0 Å². The van der Waals surface area contributed by atoms with Gasteiger partial charge >= 0.3 is 0 Å². The molecule has 5 nitrogen and oxygen atoms in total. The van der Waals surface area contributed by atoms with Crippen LogP contribution in [0.15, 0.2) is 24.3 Å². The molecule has 0 bridgehead atoms. The fourth-order valence-corrected chi connectivity index (χ4v) is 1.59. The first-order valence-electron chi connectivity index (χ1n) is 6.44. The molecule has 1 aromatic rings. The molecule has 3 N–H and O–H groups in total. The molecule has 1 unspecified atom stereocenters. The van der Waals surface area contributed by atoms with Crippen molar-refractivity contribution in [2.24, 2.45) is 5.73 Å². The van der Waals surface area contributed by atoms with Crippen LogP contribution in [0.1, 0.15) is 23.7 Å². The van der Waals surface area contributed by atoms with Crippen molar-refractivity contribution < 1.29 is 14.3 Å². The average molecular weight is 266 g/mol. The third kappa shape index (κ3) is 5.28. The molecule has 0 heterocycles. The average Bonchev–Trinajstić information content (AvgIpc) is 2.44. The van der Waals surface area contributed by atoms with E-state index in [4.69, 9.17) is 15.2 Å². The van der Waals surface area contributed by atoms with Gasteiger partial charge in [-0.1, -0.05) is 13.0 Å². The topological polar surface area (TPSA) is 73.6 Å². The van der Waals surface area contributed by atoms with Gasteiger partial charge in [0.25, 0.3) is 5.91 Å². The molecule has 0 saturated carbocycles. The highest BCUT2D eigenvalue weighted by atomic mass is 16.5. The monoisotopic (exact) mass is 266 g/mol. The second-order valence-corrected chi connectivity index (χ2v) is 4.24. The number of methoxy groups -OCH3 is 1. The van der Waals surface area contributed by atoms with Crippen molar-refractivity contribution >= 4 is 5.91 Å². The zero-order valence-corrected chi connectivity index (χ0v) is 11.5. The minimum absolute atomic E-state index is 0.172. The van der Waals surface area contributed by atoms with Crippen LogP contribution >= 0.6 is 0 Å². The number of nitrogens with one attached hydrogen (secondary N) is 1. The van der Waals surface area contributed by atoms with E-state index in [0.29, 0.717) is 31.1 Å². The Morgan fingerprint density at radius 2 is 2.26 bits per heavy atom. The number of benzene rings is 1. The number of amides is 1. The van der Waals surface area contributed by atoms with E-state index in [1.807, 2.05) is 13.0 Å². The first-order chi connectivity index (χ1) is 9.21. The normalized spacial score (nSPS) is 11.9. The Hall–Kier alpha value is -1.59. The summed E-state index contributed by atoms with van der Waals surface area (Å²) in [6.45, 7) is 3.41. The van der Waals surface area contributed by atoms with Gasteiger partial charge in [0.15, 0.2) is 0 Å². The fraction of sp³-hybridized carbons (Fsp3) is 0.500. The van der Waals surface area contributed by atoms with Gasteiger partial charge in [0.1, 0.15) is 5.75 Å². The van der Waals surface area contributed by atoms with Gasteiger partial charge in [-0.15, -0.1) is 0 Å². The Kier molecular flexibility index (Phi) is 6.92. The Morgan fingerprint density at radius 1 is 1.47 bits per heavy atom. The van der Waals surface area contributed by atoms with Crippen molar-refractivity contribution in [2.75, 3.05) is 26.9 Å². The van der Waals surface area contributed by atoms with Crippen molar-refractivity contribution in [3.8, 4) is 5.75 Å². The van der Waals surface area contributed by atoms with Gasteiger partial charge in [-0.3, -0.25) is 4.79 Å². The van der Waals surface area contributed by atoms with E-state index in [0.717, 1.165) is 6.42 Å². The molecule has 1 amide bonds. The Balaban J connectivity index is 2.65. The van der Waals surface area contributed by atoms with Crippen LogP contribution in [-0.4, -0.2) is 38.8 Å². The predicted octanol–water partition coefficient (Wildman–Crippen LogP) is 1.18. The van der Waals surface area contributed by atoms with E-state index in [1.165, 1.54) is 0 Å². The number of nitrogens with two attached hydrogens (primary N) is 1. The van der Waals surface area contributed by atoms with Crippen LogP contribution in [0.5, 0.6) is 5.75 Å². The molecule has 0 aromatic heterocycles. The summed E-state index contributed by atoms with van der Waals surface area (Å²) in [5.41, 5.74) is 6.12. The summed E-state index contributed by atoms with van der Waals surface area (Å²) < 4.78 is 10.5. The minimum atomic E-state index is -0.183. The number of ether oxygens (including phenoxy) is 2. The number of carbonyl (C=O) groups is 1. The molecule has 0 aliphatic heterocycles. The Morgan fingerprint density at radius 3 is 2.89 bits per heavy atom. The largest absolute Gasteiger partial charge is 0.494 e. The van der Waals surface area contributed by atoms with Crippen LogP contribution in [0.3, 0.4) is 0 Å². The quantitative estimate of drug-likeness (QED) is 0.741.